The monoisotopic (exact) mass is 562 g/mol. The second-order valence-corrected chi connectivity index (χ2v) is 8.89. The van der Waals surface area contributed by atoms with E-state index in [-0.39, 0.29) is 16.9 Å². The number of methoxy groups -OCH3 is 1. The third kappa shape index (κ3) is 5.81. The number of carbonyl (C=O) groups excluding carboxylic acids is 1. The Morgan fingerprint density at radius 2 is 1.76 bits per heavy atom. The second kappa shape index (κ2) is 12.0. The summed E-state index contributed by atoms with van der Waals surface area (Å²) >= 11 is 0. The van der Waals surface area contributed by atoms with Crippen molar-refractivity contribution in [3.8, 4) is 28.5 Å². The van der Waals surface area contributed by atoms with Gasteiger partial charge in [-0.3, -0.25) is 9.48 Å². The standard InChI is InChI=1S/C29H28F2N6O4/c1-4-40-25-11-10-18(12-26(25)41-5-2)16-36-17-19(14-32-36)34-29(38)21-15-33-37-23(27(30)31)13-22(35-28(21)37)20-8-6-7-9-24(20)39-3/h6-15,17,27H,4-5,16H2,1-3H3,(H,34,38). The van der Waals surface area contributed by atoms with Crippen LogP contribution in [-0.2, 0) is 6.54 Å². The molecule has 0 radical (unpaired) electrons. The van der Waals surface area contributed by atoms with Gasteiger partial charge >= 0.3 is 0 Å². The average Bonchev–Trinajstić information content (AvgIpc) is 3.60. The van der Waals surface area contributed by atoms with Gasteiger partial charge < -0.3 is 19.5 Å². The number of hydrogen-bond donors (Lipinski definition) is 1. The maximum absolute atomic E-state index is 14.0. The van der Waals surface area contributed by atoms with Crippen molar-refractivity contribution in [3.05, 3.63) is 83.9 Å². The summed E-state index contributed by atoms with van der Waals surface area (Å²) in [6, 6.07) is 13.8. The lowest BCUT2D eigenvalue weighted by atomic mass is 10.1. The first kappa shape index (κ1) is 27.6. The lowest BCUT2D eigenvalue weighted by molar-refractivity contribution is 0.102. The van der Waals surface area contributed by atoms with E-state index in [9.17, 15) is 13.6 Å². The number of rotatable bonds is 11. The summed E-state index contributed by atoms with van der Waals surface area (Å²) in [7, 11) is 1.48. The van der Waals surface area contributed by atoms with Gasteiger partial charge in [-0.2, -0.15) is 10.2 Å². The molecule has 0 unspecified atom stereocenters. The summed E-state index contributed by atoms with van der Waals surface area (Å²) in [4.78, 5) is 17.7. The lowest BCUT2D eigenvalue weighted by Crippen LogP contribution is -2.12. The lowest BCUT2D eigenvalue weighted by Gasteiger charge is -2.12. The third-order valence-electron chi connectivity index (χ3n) is 6.19. The van der Waals surface area contributed by atoms with Crippen molar-refractivity contribution in [1.29, 1.82) is 0 Å². The third-order valence-corrected chi connectivity index (χ3v) is 6.19. The van der Waals surface area contributed by atoms with Crippen LogP contribution in [-0.4, -0.2) is 50.6 Å². The topological polar surface area (TPSA) is 105 Å². The van der Waals surface area contributed by atoms with Crippen molar-refractivity contribution in [3.63, 3.8) is 0 Å². The van der Waals surface area contributed by atoms with E-state index < -0.39 is 18.0 Å². The van der Waals surface area contributed by atoms with Crippen LogP contribution in [0.5, 0.6) is 17.2 Å². The molecule has 0 atom stereocenters. The largest absolute Gasteiger partial charge is 0.496 e. The summed E-state index contributed by atoms with van der Waals surface area (Å²) in [6.07, 6.45) is 1.53. The number of nitrogens with zero attached hydrogens (tertiary/aromatic N) is 5. The van der Waals surface area contributed by atoms with Crippen LogP contribution in [0.4, 0.5) is 14.5 Å². The highest BCUT2D eigenvalue weighted by atomic mass is 19.3. The SMILES string of the molecule is CCOc1ccc(Cn2cc(NC(=O)c3cnn4c(C(F)F)cc(-c5ccccc5OC)nc34)cn2)cc1OCC. The maximum Gasteiger partial charge on any atom is 0.280 e. The Morgan fingerprint density at radius 1 is 0.976 bits per heavy atom. The zero-order chi connectivity index (χ0) is 28.9. The maximum atomic E-state index is 14.0. The van der Waals surface area contributed by atoms with Crippen molar-refractivity contribution in [2.24, 2.45) is 0 Å². The number of anilines is 1. The fourth-order valence-corrected chi connectivity index (χ4v) is 4.39. The summed E-state index contributed by atoms with van der Waals surface area (Å²) in [6.45, 7) is 5.25. The molecule has 0 saturated carbocycles. The van der Waals surface area contributed by atoms with Gasteiger partial charge in [0.05, 0.1) is 50.6 Å². The predicted octanol–water partition coefficient (Wildman–Crippen LogP) is 5.64. The van der Waals surface area contributed by atoms with E-state index in [1.54, 1.807) is 35.1 Å². The molecule has 1 amide bonds. The number of halogens is 2. The highest BCUT2D eigenvalue weighted by Gasteiger charge is 2.23. The van der Waals surface area contributed by atoms with Crippen LogP contribution in [0, 0.1) is 0 Å². The van der Waals surface area contributed by atoms with Gasteiger partial charge in [0.1, 0.15) is 17.0 Å². The number of ether oxygens (including phenoxy) is 3. The van der Waals surface area contributed by atoms with Crippen molar-refractivity contribution in [2.45, 2.75) is 26.8 Å². The molecule has 0 aliphatic rings. The number of para-hydroxylation sites is 1. The molecule has 3 heterocycles. The normalized spacial score (nSPS) is 11.2. The molecular formula is C29H28F2N6O4. The minimum Gasteiger partial charge on any atom is -0.496 e. The fraction of sp³-hybridized carbons (Fsp3) is 0.241. The van der Waals surface area contributed by atoms with E-state index in [2.05, 4.69) is 20.5 Å². The number of alkyl halides is 2. The molecule has 5 rings (SSSR count). The van der Waals surface area contributed by atoms with Crippen molar-refractivity contribution in [1.82, 2.24) is 24.4 Å². The van der Waals surface area contributed by atoms with Gasteiger partial charge in [0, 0.05) is 11.8 Å². The number of carbonyl (C=O) groups is 1. The summed E-state index contributed by atoms with van der Waals surface area (Å²) < 4.78 is 47.3. The van der Waals surface area contributed by atoms with E-state index in [1.807, 2.05) is 32.0 Å². The van der Waals surface area contributed by atoms with E-state index in [0.717, 1.165) is 10.1 Å². The van der Waals surface area contributed by atoms with Crippen LogP contribution in [0.3, 0.4) is 0 Å². The van der Waals surface area contributed by atoms with Gasteiger partial charge in [0.25, 0.3) is 12.3 Å². The van der Waals surface area contributed by atoms with Crippen LogP contribution in [0.2, 0.25) is 0 Å². The molecule has 0 bridgehead atoms. The van der Waals surface area contributed by atoms with Gasteiger partial charge in [0.2, 0.25) is 0 Å². The molecule has 2 aromatic carbocycles. The average molecular weight is 563 g/mol. The van der Waals surface area contributed by atoms with Gasteiger partial charge in [-0.25, -0.2) is 18.3 Å². The van der Waals surface area contributed by atoms with Crippen molar-refractivity contribution < 1.29 is 27.8 Å². The molecule has 3 aromatic heterocycles. The Balaban J connectivity index is 1.40. The van der Waals surface area contributed by atoms with Gasteiger partial charge in [-0.05, 0) is 49.7 Å². The zero-order valence-electron chi connectivity index (χ0n) is 22.7. The van der Waals surface area contributed by atoms with E-state index >= 15 is 0 Å². The Kier molecular flexibility index (Phi) is 8.09. The number of aromatic nitrogens is 5. The minimum atomic E-state index is -2.85. The van der Waals surface area contributed by atoms with Crippen LogP contribution >= 0.6 is 0 Å². The number of amides is 1. The molecule has 1 N–H and O–H groups in total. The van der Waals surface area contributed by atoms with E-state index in [4.69, 9.17) is 14.2 Å². The number of benzene rings is 2. The highest BCUT2D eigenvalue weighted by Crippen LogP contribution is 2.32. The molecule has 0 saturated heterocycles. The molecule has 12 heteroatoms. The van der Waals surface area contributed by atoms with Crippen molar-refractivity contribution in [2.75, 3.05) is 25.6 Å². The molecule has 10 nitrogen and oxygen atoms in total. The molecule has 0 aliphatic carbocycles. The number of fused-ring (bicyclic) bond motifs is 1. The quantitative estimate of drug-likeness (QED) is 0.222. The Hall–Kier alpha value is -5.00. The van der Waals surface area contributed by atoms with E-state index in [0.29, 0.717) is 48.3 Å². The summed E-state index contributed by atoms with van der Waals surface area (Å²) in [5.41, 5.74) is 1.71. The van der Waals surface area contributed by atoms with Gasteiger partial charge in [-0.15, -0.1) is 0 Å². The van der Waals surface area contributed by atoms with Gasteiger partial charge in [0.15, 0.2) is 17.1 Å². The molecule has 0 spiro atoms. The summed E-state index contributed by atoms with van der Waals surface area (Å²) in [5, 5.41) is 11.1. The smallest absolute Gasteiger partial charge is 0.280 e. The Morgan fingerprint density at radius 3 is 2.51 bits per heavy atom. The summed E-state index contributed by atoms with van der Waals surface area (Å²) in [5.74, 6) is 1.20. The molecule has 0 fully saturated rings. The minimum absolute atomic E-state index is 0.00793. The Labute approximate surface area is 234 Å². The van der Waals surface area contributed by atoms with Gasteiger partial charge in [-0.1, -0.05) is 18.2 Å². The molecule has 0 aliphatic heterocycles. The predicted molar refractivity (Wildman–Crippen MR) is 148 cm³/mol. The Bertz CT molecular complexity index is 1680. The fourth-order valence-electron chi connectivity index (χ4n) is 4.39. The second-order valence-electron chi connectivity index (χ2n) is 8.89. The highest BCUT2D eigenvalue weighted by molar-refractivity contribution is 6.08. The van der Waals surface area contributed by atoms with E-state index in [1.165, 1.54) is 25.6 Å². The molecule has 41 heavy (non-hydrogen) atoms. The van der Waals surface area contributed by atoms with Crippen LogP contribution in [0.25, 0.3) is 16.9 Å². The van der Waals surface area contributed by atoms with Crippen LogP contribution in [0.15, 0.2) is 67.1 Å². The van der Waals surface area contributed by atoms with Crippen LogP contribution in [0.1, 0.15) is 41.9 Å². The first-order valence-electron chi connectivity index (χ1n) is 12.9. The molecular weight excluding hydrogens is 534 g/mol. The number of nitrogens with one attached hydrogen (secondary N) is 1. The molecule has 5 aromatic rings. The first-order valence-corrected chi connectivity index (χ1v) is 12.9. The number of hydrogen-bond acceptors (Lipinski definition) is 7. The van der Waals surface area contributed by atoms with Crippen molar-refractivity contribution >= 4 is 17.2 Å². The molecule has 212 valence electrons. The first-order chi connectivity index (χ1) is 19.9. The van der Waals surface area contributed by atoms with Crippen LogP contribution < -0.4 is 19.5 Å². The zero-order valence-corrected chi connectivity index (χ0v) is 22.7.